The van der Waals surface area contributed by atoms with Crippen molar-refractivity contribution in [1.82, 2.24) is 0 Å². The summed E-state index contributed by atoms with van der Waals surface area (Å²) in [6.45, 7) is 2.33. The van der Waals surface area contributed by atoms with Crippen LogP contribution in [0.25, 0.3) is 0 Å². The molecule has 2 heteroatoms. The Morgan fingerprint density at radius 2 is 1.94 bits per heavy atom. The third-order valence-electron chi connectivity index (χ3n) is 4.78. The van der Waals surface area contributed by atoms with Crippen molar-refractivity contribution < 1.29 is 0 Å². The van der Waals surface area contributed by atoms with E-state index in [0.29, 0.717) is 0 Å². The number of hydrogen-bond acceptors (Lipinski definition) is 2. The van der Waals surface area contributed by atoms with Gasteiger partial charge < -0.3 is 5.73 Å². The molecule has 0 radical (unpaired) electrons. The van der Waals surface area contributed by atoms with Crippen molar-refractivity contribution in [3.63, 3.8) is 0 Å². The van der Waals surface area contributed by atoms with E-state index >= 15 is 0 Å². The van der Waals surface area contributed by atoms with Gasteiger partial charge in [-0.3, -0.25) is 0 Å². The van der Waals surface area contributed by atoms with Gasteiger partial charge in [0.2, 0.25) is 0 Å². The van der Waals surface area contributed by atoms with E-state index in [1.807, 2.05) is 11.8 Å². The second kappa shape index (κ2) is 4.90. The van der Waals surface area contributed by atoms with Crippen LogP contribution in [0.5, 0.6) is 0 Å². The molecule has 0 bridgehead atoms. The van der Waals surface area contributed by atoms with Gasteiger partial charge in [-0.25, -0.2) is 0 Å². The molecule has 1 aliphatic carbocycles. The Morgan fingerprint density at radius 1 is 1.22 bits per heavy atom. The monoisotopic (exact) mass is 261 g/mol. The van der Waals surface area contributed by atoms with E-state index in [1.54, 1.807) is 0 Å². The molecule has 2 N–H and O–H groups in total. The lowest BCUT2D eigenvalue weighted by molar-refractivity contribution is 0.419. The Balaban J connectivity index is 1.75. The van der Waals surface area contributed by atoms with Gasteiger partial charge in [-0.2, -0.15) is 11.8 Å². The predicted octanol–water partition coefficient (Wildman–Crippen LogP) is 4.24. The molecule has 18 heavy (non-hydrogen) atoms. The summed E-state index contributed by atoms with van der Waals surface area (Å²) in [4.78, 5) is 0. The van der Waals surface area contributed by atoms with Crippen molar-refractivity contribution in [3.05, 3.63) is 35.4 Å². The van der Waals surface area contributed by atoms with Gasteiger partial charge in [0.1, 0.15) is 0 Å². The highest BCUT2D eigenvalue weighted by Gasteiger charge is 2.36. The second-order valence-corrected chi connectivity index (χ2v) is 7.67. The SMILES string of the molecule is CC1(C(N)c2ccc(C3CCC3)cc2)CCCS1. The first-order valence-corrected chi connectivity index (χ1v) is 8.17. The van der Waals surface area contributed by atoms with Gasteiger partial charge in [0.05, 0.1) is 0 Å². The van der Waals surface area contributed by atoms with Crippen LogP contribution in [0.2, 0.25) is 0 Å². The maximum Gasteiger partial charge on any atom is 0.0441 e. The van der Waals surface area contributed by atoms with E-state index in [1.165, 1.54) is 49.0 Å². The topological polar surface area (TPSA) is 26.0 Å². The van der Waals surface area contributed by atoms with Crippen LogP contribution in [0.3, 0.4) is 0 Å². The van der Waals surface area contributed by atoms with Gasteiger partial charge in [-0.15, -0.1) is 0 Å². The van der Waals surface area contributed by atoms with Crippen LogP contribution < -0.4 is 5.73 Å². The van der Waals surface area contributed by atoms with Crippen molar-refractivity contribution in [2.75, 3.05) is 5.75 Å². The van der Waals surface area contributed by atoms with Crippen molar-refractivity contribution >= 4 is 11.8 Å². The second-order valence-electron chi connectivity index (χ2n) is 6.04. The fourth-order valence-electron chi connectivity index (χ4n) is 3.12. The maximum absolute atomic E-state index is 6.49. The van der Waals surface area contributed by atoms with Crippen molar-refractivity contribution in [1.29, 1.82) is 0 Å². The fraction of sp³-hybridized carbons (Fsp3) is 0.625. The molecule has 1 nitrogen and oxygen atoms in total. The summed E-state index contributed by atoms with van der Waals surface area (Å²) in [5, 5.41) is 0. The molecule has 2 unspecified atom stereocenters. The first kappa shape index (κ1) is 12.6. The number of thioether (sulfide) groups is 1. The number of nitrogens with two attached hydrogens (primary N) is 1. The lowest BCUT2D eigenvalue weighted by Crippen LogP contribution is -2.33. The molecule has 98 valence electrons. The standard InChI is InChI=1S/C16H23NS/c1-16(10-3-11-18-16)15(17)14-8-6-13(7-9-14)12-4-2-5-12/h6-9,12,15H,2-5,10-11,17H2,1H3. The maximum atomic E-state index is 6.49. The van der Waals surface area contributed by atoms with E-state index in [-0.39, 0.29) is 10.8 Å². The largest absolute Gasteiger partial charge is 0.323 e. The molecule has 0 amide bonds. The first-order valence-electron chi connectivity index (χ1n) is 7.18. The van der Waals surface area contributed by atoms with Crippen molar-refractivity contribution in [3.8, 4) is 0 Å². The minimum absolute atomic E-state index is 0.181. The highest BCUT2D eigenvalue weighted by Crippen LogP contribution is 2.45. The average molecular weight is 261 g/mol. The Bertz CT molecular complexity index is 402. The molecule has 1 saturated carbocycles. The predicted molar refractivity (Wildman–Crippen MR) is 80.1 cm³/mol. The third-order valence-corrected chi connectivity index (χ3v) is 6.39. The molecule has 2 atom stereocenters. The molecule has 2 fully saturated rings. The minimum Gasteiger partial charge on any atom is -0.323 e. The van der Waals surface area contributed by atoms with E-state index in [0.717, 1.165) is 5.92 Å². The van der Waals surface area contributed by atoms with E-state index < -0.39 is 0 Å². The van der Waals surface area contributed by atoms with Crippen LogP contribution in [-0.4, -0.2) is 10.5 Å². The summed E-state index contributed by atoms with van der Waals surface area (Å²) in [6, 6.07) is 9.33. The van der Waals surface area contributed by atoms with Crippen LogP contribution in [-0.2, 0) is 0 Å². The van der Waals surface area contributed by atoms with Crippen molar-refractivity contribution in [2.24, 2.45) is 5.73 Å². The van der Waals surface area contributed by atoms with Crippen molar-refractivity contribution in [2.45, 2.75) is 55.7 Å². The Hall–Kier alpha value is -0.470. The normalized spacial score (nSPS) is 30.1. The van der Waals surface area contributed by atoms with Gasteiger partial charge in [0.15, 0.2) is 0 Å². The molecular formula is C16H23NS. The first-order chi connectivity index (χ1) is 8.69. The molecule has 0 aromatic heterocycles. The summed E-state index contributed by atoms with van der Waals surface area (Å²) in [6.07, 6.45) is 6.72. The molecule has 0 spiro atoms. The zero-order valence-corrected chi connectivity index (χ0v) is 12.0. The van der Waals surface area contributed by atoms with E-state index in [4.69, 9.17) is 5.73 Å². The quantitative estimate of drug-likeness (QED) is 0.880. The number of rotatable bonds is 3. The van der Waals surface area contributed by atoms with E-state index in [2.05, 4.69) is 31.2 Å². The summed E-state index contributed by atoms with van der Waals surface area (Å²) in [5.74, 6) is 2.09. The van der Waals surface area contributed by atoms with Gasteiger partial charge in [0, 0.05) is 10.8 Å². The van der Waals surface area contributed by atoms with Crippen LogP contribution in [0.1, 0.15) is 62.1 Å². The lowest BCUT2D eigenvalue weighted by atomic mass is 9.79. The average Bonchev–Trinajstić information content (AvgIpc) is 2.75. The molecule has 3 rings (SSSR count). The van der Waals surface area contributed by atoms with Gasteiger partial charge >= 0.3 is 0 Å². The van der Waals surface area contributed by atoms with Gasteiger partial charge in [-0.1, -0.05) is 30.7 Å². The van der Waals surface area contributed by atoms with E-state index in [9.17, 15) is 0 Å². The number of benzene rings is 1. The molecule has 1 aromatic rings. The Morgan fingerprint density at radius 3 is 2.44 bits per heavy atom. The zero-order valence-electron chi connectivity index (χ0n) is 11.2. The Labute approximate surface area is 115 Å². The smallest absolute Gasteiger partial charge is 0.0441 e. The molecule has 1 heterocycles. The highest BCUT2D eigenvalue weighted by molar-refractivity contribution is 8.00. The fourth-order valence-corrected chi connectivity index (χ4v) is 4.47. The molecule has 1 aromatic carbocycles. The molecule has 1 saturated heterocycles. The molecule has 2 aliphatic rings. The summed E-state index contributed by atoms with van der Waals surface area (Å²) < 4.78 is 0.248. The molecular weight excluding hydrogens is 238 g/mol. The van der Waals surface area contributed by atoms with Crippen LogP contribution >= 0.6 is 11.8 Å². The van der Waals surface area contributed by atoms with Crippen LogP contribution in [0.4, 0.5) is 0 Å². The highest BCUT2D eigenvalue weighted by atomic mass is 32.2. The third kappa shape index (κ3) is 2.21. The summed E-state index contributed by atoms with van der Waals surface area (Å²) >= 11 is 2.05. The molecule has 1 aliphatic heterocycles. The summed E-state index contributed by atoms with van der Waals surface area (Å²) in [5.41, 5.74) is 9.32. The minimum atomic E-state index is 0.181. The van der Waals surface area contributed by atoms with Crippen LogP contribution in [0.15, 0.2) is 24.3 Å². The van der Waals surface area contributed by atoms with Gasteiger partial charge in [-0.05, 0) is 55.4 Å². The zero-order chi connectivity index (χ0) is 12.6. The van der Waals surface area contributed by atoms with Crippen LogP contribution in [0, 0.1) is 0 Å². The lowest BCUT2D eigenvalue weighted by Gasteiger charge is -2.31. The number of hydrogen-bond donors (Lipinski definition) is 1. The Kier molecular flexibility index (Phi) is 3.42. The van der Waals surface area contributed by atoms with Gasteiger partial charge in [0.25, 0.3) is 0 Å². The summed E-state index contributed by atoms with van der Waals surface area (Å²) in [7, 11) is 0.